The first-order valence-electron chi connectivity index (χ1n) is 7.47. The van der Waals surface area contributed by atoms with Crippen LogP contribution in [0.4, 0.5) is 0 Å². The van der Waals surface area contributed by atoms with Crippen molar-refractivity contribution in [3.63, 3.8) is 0 Å². The van der Waals surface area contributed by atoms with Crippen molar-refractivity contribution in [1.29, 1.82) is 0 Å². The molecule has 0 amide bonds. The van der Waals surface area contributed by atoms with E-state index in [-0.39, 0.29) is 17.9 Å². The van der Waals surface area contributed by atoms with E-state index in [0.29, 0.717) is 6.04 Å². The van der Waals surface area contributed by atoms with Crippen molar-refractivity contribution in [1.82, 2.24) is 4.90 Å². The van der Waals surface area contributed by atoms with Crippen LogP contribution in [0.3, 0.4) is 0 Å². The molecule has 4 aliphatic rings. The Morgan fingerprint density at radius 2 is 1.94 bits per heavy atom. The zero-order chi connectivity index (χ0) is 12.2. The standard InChI is InChI=1S/C14H23NO3/c16-13-3-4-14(17-5-6-18-14)8-12(13)15-9-10-1-2-11(15)7-10/h10-13,16H,1-9H2. The summed E-state index contributed by atoms with van der Waals surface area (Å²) < 4.78 is 11.7. The number of piperidine rings is 1. The number of ether oxygens (including phenoxy) is 2. The second kappa shape index (κ2) is 4.17. The van der Waals surface area contributed by atoms with Crippen LogP contribution in [0.25, 0.3) is 0 Å². The van der Waals surface area contributed by atoms with E-state index in [1.807, 2.05) is 0 Å². The van der Waals surface area contributed by atoms with Crippen molar-refractivity contribution >= 4 is 0 Å². The minimum absolute atomic E-state index is 0.192. The predicted octanol–water partition coefficient (Wildman–Crippen LogP) is 1.13. The van der Waals surface area contributed by atoms with Crippen LogP contribution in [-0.2, 0) is 9.47 Å². The number of hydrogen-bond donors (Lipinski definition) is 1. The number of aliphatic hydroxyl groups excluding tert-OH is 1. The summed E-state index contributed by atoms with van der Waals surface area (Å²) in [6.07, 6.45) is 6.40. The van der Waals surface area contributed by atoms with Crippen LogP contribution in [0.5, 0.6) is 0 Å². The minimum Gasteiger partial charge on any atom is -0.391 e. The highest BCUT2D eigenvalue weighted by Crippen LogP contribution is 2.44. The van der Waals surface area contributed by atoms with Gasteiger partial charge in [0.15, 0.2) is 5.79 Å². The molecule has 2 saturated carbocycles. The van der Waals surface area contributed by atoms with E-state index >= 15 is 0 Å². The summed E-state index contributed by atoms with van der Waals surface area (Å²) in [7, 11) is 0. The van der Waals surface area contributed by atoms with Crippen molar-refractivity contribution in [2.24, 2.45) is 5.92 Å². The zero-order valence-electron chi connectivity index (χ0n) is 10.9. The Labute approximate surface area is 108 Å². The van der Waals surface area contributed by atoms with Crippen molar-refractivity contribution in [3.8, 4) is 0 Å². The molecule has 2 bridgehead atoms. The van der Waals surface area contributed by atoms with Crippen LogP contribution in [-0.4, -0.2) is 53.7 Å². The molecule has 2 heterocycles. The quantitative estimate of drug-likeness (QED) is 0.760. The lowest BCUT2D eigenvalue weighted by molar-refractivity contribution is -0.206. The highest BCUT2D eigenvalue weighted by atomic mass is 16.7. The van der Waals surface area contributed by atoms with Gasteiger partial charge in [-0.2, -0.15) is 0 Å². The molecular formula is C14H23NO3. The topological polar surface area (TPSA) is 41.9 Å². The minimum atomic E-state index is -0.369. The summed E-state index contributed by atoms with van der Waals surface area (Å²) in [6.45, 7) is 2.62. The van der Waals surface area contributed by atoms with Gasteiger partial charge in [0.1, 0.15) is 0 Å². The Balaban J connectivity index is 1.52. The molecule has 0 aromatic rings. The van der Waals surface area contributed by atoms with Crippen LogP contribution < -0.4 is 0 Å². The lowest BCUT2D eigenvalue weighted by atomic mass is 9.85. The second-order valence-corrected chi connectivity index (χ2v) is 6.51. The molecule has 1 N–H and O–H groups in total. The van der Waals surface area contributed by atoms with Crippen LogP contribution in [0, 0.1) is 5.92 Å². The Hall–Kier alpha value is -0.160. The fourth-order valence-corrected chi connectivity index (χ4v) is 4.58. The zero-order valence-corrected chi connectivity index (χ0v) is 10.9. The maximum absolute atomic E-state index is 10.3. The van der Waals surface area contributed by atoms with Gasteiger partial charge in [0, 0.05) is 31.5 Å². The maximum Gasteiger partial charge on any atom is 0.170 e. The Kier molecular flexibility index (Phi) is 2.70. The third kappa shape index (κ3) is 1.73. The third-order valence-electron chi connectivity index (χ3n) is 5.48. The van der Waals surface area contributed by atoms with Crippen molar-refractivity contribution in [3.05, 3.63) is 0 Å². The molecule has 4 nitrogen and oxygen atoms in total. The Bertz CT molecular complexity index is 329. The number of nitrogens with zero attached hydrogens (tertiary/aromatic N) is 1. The van der Waals surface area contributed by atoms with Crippen LogP contribution >= 0.6 is 0 Å². The number of hydrogen-bond acceptors (Lipinski definition) is 4. The van der Waals surface area contributed by atoms with E-state index in [4.69, 9.17) is 9.47 Å². The fourth-order valence-electron chi connectivity index (χ4n) is 4.58. The van der Waals surface area contributed by atoms with Crippen LogP contribution in [0.2, 0.25) is 0 Å². The average Bonchev–Trinajstić information content (AvgIpc) is 3.09. The van der Waals surface area contributed by atoms with E-state index in [9.17, 15) is 5.11 Å². The van der Waals surface area contributed by atoms with Crippen molar-refractivity contribution < 1.29 is 14.6 Å². The number of aliphatic hydroxyl groups is 1. The molecule has 4 fully saturated rings. The summed E-state index contributed by atoms with van der Waals surface area (Å²) in [5.74, 6) is 0.511. The lowest BCUT2D eigenvalue weighted by Gasteiger charge is -2.45. The molecule has 2 saturated heterocycles. The highest BCUT2D eigenvalue weighted by Gasteiger charge is 2.50. The van der Waals surface area contributed by atoms with E-state index in [2.05, 4.69) is 4.90 Å². The number of rotatable bonds is 1. The SMILES string of the molecule is OC1CCC2(CC1N1CC3CCC1C3)OCCO2. The molecule has 0 radical (unpaired) electrons. The molecule has 2 aliphatic carbocycles. The molecule has 4 heteroatoms. The molecule has 18 heavy (non-hydrogen) atoms. The molecule has 102 valence electrons. The second-order valence-electron chi connectivity index (χ2n) is 6.51. The highest BCUT2D eigenvalue weighted by molar-refractivity contribution is 5.01. The van der Waals surface area contributed by atoms with Gasteiger partial charge >= 0.3 is 0 Å². The fraction of sp³-hybridized carbons (Fsp3) is 1.00. The smallest absolute Gasteiger partial charge is 0.170 e. The summed E-state index contributed by atoms with van der Waals surface area (Å²) in [5.41, 5.74) is 0. The van der Waals surface area contributed by atoms with Gasteiger partial charge in [0.2, 0.25) is 0 Å². The Morgan fingerprint density at radius 3 is 2.61 bits per heavy atom. The maximum atomic E-state index is 10.3. The van der Waals surface area contributed by atoms with E-state index in [1.54, 1.807) is 0 Å². The van der Waals surface area contributed by atoms with Gasteiger partial charge in [0.05, 0.1) is 19.3 Å². The van der Waals surface area contributed by atoms with Crippen molar-refractivity contribution in [2.75, 3.05) is 19.8 Å². The summed E-state index contributed by atoms with van der Waals surface area (Å²) in [4.78, 5) is 2.56. The first kappa shape index (κ1) is 11.6. The van der Waals surface area contributed by atoms with Gasteiger partial charge < -0.3 is 14.6 Å². The normalized spacial score (nSPS) is 47.2. The average molecular weight is 253 g/mol. The molecule has 4 unspecified atom stereocenters. The first-order valence-corrected chi connectivity index (χ1v) is 7.47. The van der Waals surface area contributed by atoms with Gasteiger partial charge in [-0.05, 0) is 31.6 Å². The molecule has 4 atom stereocenters. The molecule has 0 aromatic carbocycles. The monoisotopic (exact) mass is 253 g/mol. The third-order valence-corrected chi connectivity index (χ3v) is 5.48. The largest absolute Gasteiger partial charge is 0.391 e. The lowest BCUT2D eigenvalue weighted by Crippen LogP contribution is -2.55. The molecular weight excluding hydrogens is 230 g/mol. The van der Waals surface area contributed by atoms with Gasteiger partial charge in [-0.3, -0.25) is 4.90 Å². The first-order chi connectivity index (χ1) is 8.76. The van der Waals surface area contributed by atoms with Gasteiger partial charge in [-0.25, -0.2) is 0 Å². The number of likely N-dealkylation sites (tertiary alicyclic amines) is 1. The van der Waals surface area contributed by atoms with Gasteiger partial charge in [-0.1, -0.05) is 0 Å². The van der Waals surface area contributed by atoms with Crippen LogP contribution in [0.15, 0.2) is 0 Å². The summed E-state index contributed by atoms with van der Waals surface area (Å²) in [5, 5.41) is 10.3. The van der Waals surface area contributed by atoms with Crippen molar-refractivity contribution in [2.45, 2.75) is 62.5 Å². The van der Waals surface area contributed by atoms with E-state index in [1.165, 1.54) is 25.8 Å². The Morgan fingerprint density at radius 1 is 1.11 bits per heavy atom. The van der Waals surface area contributed by atoms with Gasteiger partial charge in [-0.15, -0.1) is 0 Å². The molecule has 4 rings (SSSR count). The molecule has 1 spiro atoms. The van der Waals surface area contributed by atoms with E-state index < -0.39 is 0 Å². The summed E-state index contributed by atoms with van der Waals surface area (Å²) in [6, 6.07) is 0.971. The van der Waals surface area contributed by atoms with Gasteiger partial charge in [0.25, 0.3) is 0 Å². The number of fused-ring (bicyclic) bond motifs is 2. The van der Waals surface area contributed by atoms with E-state index in [0.717, 1.165) is 38.4 Å². The predicted molar refractivity (Wildman–Crippen MR) is 66.1 cm³/mol. The molecule has 2 aliphatic heterocycles. The van der Waals surface area contributed by atoms with Crippen LogP contribution in [0.1, 0.15) is 38.5 Å². The summed E-state index contributed by atoms with van der Waals surface area (Å²) >= 11 is 0. The molecule has 0 aromatic heterocycles.